The Bertz CT molecular complexity index is 815. The summed E-state index contributed by atoms with van der Waals surface area (Å²) in [5.41, 5.74) is 1.74. The number of sulfonamides is 1. The van der Waals surface area contributed by atoms with Crippen molar-refractivity contribution in [2.75, 3.05) is 32.7 Å². The smallest absolute Gasteiger partial charge is 0.236 e. The van der Waals surface area contributed by atoms with Crippen LogP contribution in [0.25, 0.3) is 6.08 Å². The minimum absolute atomic E-state index is 0.434. The molecule has 2 aromatic carbocycles. The highest BCUT2D eigenvalue weighted by molar-refractivity contribution is 7.92. The van der Waals surface area contributed by atoms with Gasteiger partial charge in [-0.1, -0.05) is 60.7 Å². The van der Waals surface area contributed by atoms with E-state index in [0.717, 1.165) is 11.1 Å². The third-order valence-corrected chi connectivity index (χ3v) is 6.10. The standard InChI is InChI=1S/C20H24N2O3S/c23-20(19-9-5-2-6-10-19)17-21-12-14-22(15-13-21)26(24,25)16-11-18-7-3-1-4-8-18/h1-11,16,20,23H,12-15,17H2/b16-11+. The van der Waals surface area contributed by atoms with Crippen LogP contribution in [0.4, 0.5) is 0 Å². The van der Waals surface area contributed by atoms with Gasteiger partial charge in [0.05, 0.1) is 6.10 Å². The summed E-state index contributed by atoms with van der Waals surface area (Å²) in [7, 11) is -3.42. The molecule has 0 radical (unpaired) electrons. The Kier molecular flexibility index (Phi) is 6.21. The van der Waals surface area contributed by atoms with Crippen molar-refractivity contribution in [2.24, 2.45) is 0 Å². The van der Waals surface area contributed by atoms with E-state index in [1.54, 1.807) is 6.08 Å². The minimum atomic E-state index is -3.42. The first-order chi connectivity index (χ1) is 12.5. The summed E-state index contributed by atoms with van der Waals surface area (Å²) in [5, 5.41) is 11.6. The second kappa shape index (κ2) is 8.60. The molecular formula is C20H24N2O3S. The first-order valence-electron chi connectivity index (χ1n) is 8.73. The van der Waals surface area contributed by atoms with Crippen LogP contribution in [0.5, 0.6) is 0 Å². The molecule has 5 nitrogen and oxygen atoms in total. The van der Waals surface area contributed by atoms with Crippen LogP contribution in [-0.2, 0) is 10.0 Å². The van der Waals surface area contributed by atoms with E-state index in [2.05, 4.69) is 4.90 Å². The zero-order chi connectivity index (χ0) is 18.4. The molecule has 1 N–H and O–H groups in total. The third-order valence-electron chi connectivity index (χ3n) is 4.54. The molecule has 1 aliphatic heterocycles. The predicted octanol–water partition coefficient (Wildman–Crippen LogP) is 2.34. The fourth-order valence-electron chi connectivity index (χ4n) is 3.01. The summed E-state index contributed by atoms with van der Waals surface area (Å²) in [4.78, 5) is 2.10. The van der Waals surface area contributed by atoms with E-state index in [9.17, 15) is 13.5 Å². The van der Waals surface area contributed by atoms with Crippen molar-refractivity contribution in [3.63, 3.8) is 0 Å². The number of benzene rings is 2. The number of aliphatic hydroxyl groups is 1. The van der Waals surface area contributed by atoms with Gasteiger partial charge in [0.25, 0.3) is 0 Å². The Labute approximate surface area is 155 Å². The fraction of sp³-hybridized carbons (Fsp3) is 0.300. The fourth-order valence-corrected chi connectivity index (χ4v) is 4.18. The maximum Gasteiger partial charge on any atom is 0.236 e. The third kappa shape index (κ3) is 5.02. The lowest BCUT2D eigenvalue weighted by Crippen LogP contribution is -2.49. The SMILES string of the molecule is O=S(=O)(/C=C/c1ccccc1)N1CCN(CC(O)c2ccccc2)CC1. The lowest BCUT2D eigenvalue weighted by atomic mass is 10.1. The van der Waals surface area contributed by atoms with Crippen LogP contribution in [0.1, 0.15) is 17.2 Å². The molecule has 0 bridgehead atoms. The van der Waals surface area contributed by atoms with Crippen LogP contribution in [0.2, 0.25) is 0 Å². The molecule has 0 aliphatic carbocycles. The first-order valence-corrected chi connectivity index (χ1v) is 10.2. The molecule has 1 unspecified atom stereocenters. The number of hydrogen-bond donors (Lipinski definition) is 1. The van der Waals surface area contributed by atoms with Gasteiger partial charge in [0, 0.05) is 38.1 Å². The predicted molar refractivity (Wildman–Crippen MR) is 104 cm³/mol. The Balaban J connectivity index is 1.53. The highest BCUT2D eigenvalue weighted by atomic mass is 32.2. The number of β-amino-alcohol motifs (C(OH)–C–C–N with tert-alkyl or cyclic N) is 1. The molecule has 6 heteroatoms. The van der Waals surface area contributed by atoms with Gasteiger partial charge >= 0.3 is 0 Å². The summed E-state index contributed by atoms with van der Waals surface area (Å²) in [6.07, 6.45) is 1.07. The molecule has 0 saturated carbocycles. The lowest BCUT2D eigenvalue weighted by Gasteiger charge is -2.34. The van der Waals surface area contributed by atoms with Crippen molar-refractivity contribution < 1.29 is 13.5 Å². The Morgan fingerprint density at radius 3 is 2.12 bits per heavy atom. The minimum Gasteiger partial charge on any atom is -0.387 e. The number of piperazine rings is 1. The van der Waals surface area contributed by atoms with Crippen LogP contribution >= 0.6 is 0 Å². The van der Waals surface area contributed by atoms with Gasteiger partial charge in [-0.05, 0) is 17.2 Å². The van der Waals surface area contributed by atoms with E-state index >= 15 is 0 Å². The monoisotopic (exact) mass is 372 g/mol. The van der Waals surface area contributed by atoms with Crippen LogP contribution < -0.4 is 0 Å². The van der Waals surface area contributed by atoms with Crippen LogP contribution in [-0.4, -0.2) is 55.5 Å². The average molecular weight is 372 g/mol. The van der Waals surface area contributed by atoms with Crippen molar-refractivity contribution in [2.45, 2.75) is 6.10 Å². The van der Waals surface area contributed by atoms with Crippen LogP contribution in [0.15, 0.2) is 66.1 Å². The molecule has 0 aromatic heterocycles. The zero-order valence-corrected chi connectivity index (χ0v) is 15.4. The lowest BCUT2D eigenvalue weighted by molar-refractivity contribution is 0.0923. The van der Waals surface area contributed by atoms with Gasteiger partial charge in [0.15, 0.2) is 0 Å². The maximum absolute atomic E-state index is 12.5. The van der Waals surface area contributed by atoms with Gasteiger partial charge in [0.2, 0.25) is 10.0 Å². The molecule has 2 aromatic rings. The quantitative estimate of drug-likeness (QED) is 0.846. The van der Waals surface area contributed by atoms with Crippen LogP contribution in [0, 0.1) is 0 Å². The van der Waals surface area contributed by atoms with Crippen molar-refractivity contribution >= 4 is 16.1 Å². The van der Waals surface area contributed by atoms with Crippen molar-refractivity contribution in [3.8, 4) is 0 Å². The summed E-state index contributed by atoms with van der Waals surface area (Å²) in [6.45, 7) is 2.61. The number of hydrogen-bond acceptors (Lipinski definition) is 4. The van der Waals surface area contributed by atoms with E-state index < -0.39 is 16.1 Å². The number of rotatable bonds is 6. The summed E-state index contributed by atoms with van der Waals surface area (Å²) >= 11 is 0. The summed E-state index contributed by atoms with van der Waals surface area (Å²) in [6, 6.07) is 18.9. The van der Waals surface area contributed by atoms with E-state index in [1.807, 2.05) is 60.7 Å². The Morgan fingerprint density at radius 1 is 0.923 bits per heavy atom. The van der Waals surface area contributed by atoms with Gasteiger partial charge < -0.3 is 5.11 Å². The highest BCUT2D eigenvalue weighted by Crippen LogP contribution is 2.16. The van der Waals surface area contributed by atoms with Crippen LogP contribution in [0.3, 0.4) is 0 Å². The van der Waals surface area contributed by atoms with Crippen molar-refractivity contribution in [3.05, 3.63) is 77.2 Å². The topological polar surface area (TPSA) is 60.9 Å². The molecule has 1 atom stereocenters. The Morgan fingerprint density at radius 2 is 1.50 bits per heavy atom. The molecule has 1 aliphatic rings. The van der Waals surface area contributed by atoms with Crippen molar-refractivity contribution in [1.29, 1.82) is 0 Å². The molecule has 3 rings (SSSR count). The average Bonchev–Trinajstić information content (AvgIpc) is 2.68. The van der Waals surface area contributed by atoms with Gasteiger partial charge in [-0.15, -0.1) is 0 Å². The molecule has 1 fully saturated rings. The molecule has 1 saturated heterocycles. The van der Waals surface area contributed by atoms with Gasteiger partial charge in [-0.3, -0.25) is 4.90 Å². The Hall–Kier alpha value is -1.99. The number of nitrogens with zero attached hydrogens (tertiary/aromatic N) is 2. The second-order valence-electron chi connectivity index (χ2n) is 6.38. The largest absolute Gasteiger partial charge is 0.387 e. The molecule has 0 spiro atoms. The second-order valence-corrected chi connectivity index (χ2v) is 8.20. The molecule has 26 heavy (non-hydrogen) atoms. The summed E-state index contributed by atoms with van der Waals surface area (Å²) < 4.78 is 26.5. The highest BCUT2D eigenvalue weighted by Gasteiger charge is 2.26. The molecular weight excluding hydrogens is 348 g/mol. The zero-order valence-electron chi connectivity index (χ0n) is 14.6. The molecule has 138 valence electrons. The van der Waals surface area contributed by atoms with E-state index in [-0.39, 0.29) is 0 Å². The molecule has 1 heterocycles. The maximum atomic E-state index is 12.5. The van der Waals surface area contributed by atoms with Gasteiger partial charge in [-0.25, -0.2) is 8.42 Å². The van der Waals surface area contributed by atoms with Gasteiger partial charge in [-0.2, -0.15) is 4.31 Å². The number of aliphatic hydroxyl groups excluding tert-OH is 1. The molecule has 0 amide bonds. The summed E-state index contributed by atoms with van der Waals surface area (Å²) in [5.74, 6) is 0. The van der Waals surface area contributed by atoms with Gasteiger partial charge in [0.1, 0.15) is 0 Å². The first kappa shape index (κ1) is 18.8. The van der Waals surface area contributed by atoms with E-state index in [4.69, 9.17) is 0 Å². The van der Waals surface area contributed by atoms with E-state index in [0.29, 0.717) is 32.7 Å². The normalized spacial score (nSPS) is 18.2. The van der Waals surface area contributed by atoms with Crippen molar-refractivity contribution in [1.82, 2.24) is 9.21 Å². The van der Waals surface area contributed by atoms with E-state index in [1.165, 1.54) is 9.71 Å².